The first-order chi connectivity index (χ1) is 11.8. The molecule has 0 aromatic heterocycles. The lowest BCUT2D eigenvalue weighted by atomic mass is 9.74. The standard InChI is InChI=1S/C22H21NS/c1-14-13-15-5-2-3-6-16(15)19-10-9-17-18(21(14)19)7-4-8-20(17)22-23-11-12-24-22/h3-4,6-10,14H,2,5,11-13H2,1H3. The highest BCUT2D eigenvalue weighted by molar-refractivity contribution is 8.14. The van der Waals surface area contributed by atoms with E-state index in [9.17, 15) is 0 Å². The summed E-state index contributed by atoms with van der Waals surface area (Å²) in [6, 6.07) is 11.5. The van der Waals surface area contributed by atoms with E-state index in [2.05, 4.69) is 49.4 Å². The molecule has 0 spiro atoms. The van der Waals surface area contributed by atoms with Crippen LogP contribution in [0.1, 0.15) is 48.8 Å². The molecule has 0 radical (unpaired) electrons. The van der Waals surface area contributed by atoms with Crippen LogP contribution in [-0.4, -0.2) is 17.3 Å². The Bertz CT molecular complexity index is 932. The van der Waals surface area contributed by atoms with E-state index in [4.69, 9.17) is 4.99 Å². The number of fused-ring (bicyclic) bond motifs is 4. The second kappa shape index (κ2) is 5.63. The molecule has 0 N–H and O–H groups in total. The highest BCUT2D eigenvalue weighted by Crippen LogP contribution is 2.45. The Labute approximate surface area is 147 Å². The van der Waals surface area contributed by atoms with Crippen molar-refractivity contribution in [3.8, 4) is 0 Å². The summed E-state index contributed by atoms with van der Waals surface area (Å²) < 4.78 is 0. The zero-order valence-electron chi connectivity index (χ0n) is 14.0. The molecule has 2 aliphatic carbocycles. The lowest BCUT2D eigenvalue weighted by Crippen LogP contribution is -2.11. The van der Waals surface area contributed by atoms with Crippen LogP contribution in [0.15, 0.2) is 53.0 Å². The Morgan fingerprint density at radius 2 is 2.04 bits per heavy atom. The van der Waals surface area contributed by atoms with Crippen molar-refractivity contribution >= 4 is 33.2 Å². The molecule has 1 atom stereocenters. The average Bonchev–Trinajstić information content (AvgIpc) is 3.15. The molecule has 0 bridgehead atoms. The van der Waals surface area contributed by atoms with Crippen LogP contribution in [0.25, 0.3) is 16.3 Å². The molecule has 24 heavy (non-hydrogen) atoms. The van der Waals surface area contributed by atoms with E-state index < -0.39 is 0 Å². The predicted octanol–water partition coefficient (Wildman–Crippen LogP) is 5.94. The van der Waals surface area contributed by atoms with Gasteiger partial charge in [0.25, 0.3) is 0 Å². The van der Waals surface area contributed by atoms with Crippen LogP contribution in [-0.2, 0) is 0 Å². The molecule has 3 aliphatic rings. The molecule has 2 heteroatoms. The van der Waals surface area contributed by atoms with Crippen LogP contribution in [0.5, 0.6) is 0 Å². The second-order valence-corrected chi connectivity index (χ2v) is 8.11. The molecule has 1 heterocycles. The molecule has 0 amide bonds. The summed E-state index contributed by atoms with van der Waals surface area (Å²) in [5.74, 6) is 1.72. The SMILES string of the molecule is CC1CC2=C(C=CCC2)c2ccc3c(C4=NCCS4)cccc3c21. The van der Waals surface area contributed by atoms with Gasteiger partial charge in [-0.25, -0.2) is 0 Å². The van der Waals surface area contributed by atoms with Crippen LogP contribution in [0.3, 0.4) is 0 Å². The van der Waals surface area contributed by atoms with E-state index in [1.54, 1.807) is 11.1 Å². The lowest BCUT2D eigenvalue weighted by Gasteiger charge is -2.30. The van der Waals surface area contributed by atoms with Gasteiger partial charge in [0, 0.05) is 17.9 Å². The van der Waals surface area contributed by atoms with E-state index in [1.165, 1.54) is 51.8 Å². The van der Waals surface area contributed by atoms with E-state index in [-0.39, 0.29) is 0 Å². The maximum absolute atomic E-state index is 4.71. The molecule has 1 nitrogen and oxygen atoms in total. The van der Waals surface area contributed by atoms with Gasteiger partial charge in [0.1, 0.15) is 0 Å². The Morgan fingerprint density at radius 3 is 2.92 bits per heavy atom. The van der Waals surface area contributed by atoms with Crippen molar-refractivity contribution in [2.24, 2.45) is 4.99 Å². The molecule has 2 aromatic carbocycles. The summed E-state index contributed by atoms with van der Waals surface area (Å²) in [5.41, 5.74) is 7.48. The van der Waals surface area contributed by atoms with E-state index in [0.29, 0.717) is 5.92 Å². The lowest BCUT2D eigenvalue weighted by molar-refractivity contribution is 0.710. The topological polar surface area (TPSA) is 12.4 Å². The van der Waals surface area contributed by atoms with Crippen molar-refractivity contribution in [1.82, 2.24) is 0 Å². The number of rotatable bonds is 1. The van der Waals surface area contributed by atoms with Gasteiger partial charge in [0.05, 0.1) is 5.04 Å². The predicted molar refractivity (Wildman–Crippen MR) is 106 cm³/mol. The van der Waals surface area contributed by atoms with Gasteiger partial charge < -0.3 is 0 Å². The number of nitrogens with zero attached hydrogens (tertiary/aromatic N) is 1. The molecule has 1 aliphatic heterocycles. The molecule has 0 saturated heterocycles. The van der Waals surface area contributed by atoms with Gasteiger partial charge in [0.15, 0.2) is 0 Å². The van der Waals surface area contributed by atoms with Crippen molar-refractivity contribution in [3.05, 3.63) is 64.7 Å². The van der Waals surface area contributed by atoms with Crippen molar-refractivity contribution in [2.75, 3.05) is 12.3 Å². The first kappa shape index (κ1) is 14.5. The molecule has 120 valence electrons. The summed E-state index contributed by atoms with van der Waals surface area (Å²) in [4.78, 5) is 4.71. The second-order valence-electron chi connectivity index (χ2n) is 7.03. The van der Waals surface area contributed by atoms with Crippen LogP contribution < -0.4 is 0 Å². The highest BCUT2D eigenvalue weighted by atomic mass is 32.2. The van der Waals surface area contributed by atoms with E-state index in [1.807, 2.05) is 11.8 Å². The van der Waals surface area contributed by atoms with Crippen LogP contribution in [0.2, 0.25) is 0 Å². The minimum atomic E-state index is 0.599. The van der Waals surface area contributed by atoms with Gasteiger partial charge in [-0.3, -0.25) is 4.99 Å². The van der Waals surface area contributed by atoms with Crippen molar-refractivity contribution < 1.29 is 0 Å². The van der Waals surface area contributed by atoms with Crippen molar-refractivity contribution in [1.29, 1.82) is 0 Å². The van der Waals surface area contributed by atoms with Gasteiger partial charge in [-0.1, -0.05) is 55.0 Å². The molecule has 2 aromatic rings. The highest BCUT2D eigenvalue weighted by Gasteiger charge is 2.26. The molecule has 0 saturated carbocycles. The minimum Gasteiger partial charge on any atom is -0.277 e. The largest absolute Gasteiger partial charge is 0.277 e. The van der Waals surface area contributed by atoms with Crippen molar-refractivity contribution in [3.63, 3.8) is 0 Å². The number of hydrogen-bond acceptors (Lipinski definition) is 2. The summed E-state index contributed by atoms with van der Waals surface area (Å²) >= 11 is 1.90. The fraction of sp³-hybridized carbons (Fsp3) is 0.318. The number of aliphatic imine (C=N–C) groups is 1. The number of hydrogen-bond donors (Lipinski definition) is 0. The molecule has 5 rings (SSSR count). The average molecular weight is 331 g/mol. The maximum Gasteiger partial charge on any atom is 0.0984 e. The van der Waals surface area contributed by atoms with E-state index in [0.717, 1.165) is 12.3 Å². The fourth-order valence-electron chi connectivity index (χ4n) is 4.51. The summed E-state index contributed by atoms with van der Waals surface area (Å²) in [6.07, 6.45) is 8.35. The Morgan fingerprint density at radius 1 is 1.08 bits per heavy atom. The normalized spacial score (nSPS) is 22.5. The molecular formula is C22H21NS. The van der Waals surface area contributed by atoms with Crippen LogP contribution in [0, 0.1) is 0 Å². The summed E-state index contributed by atoms with van der Waals surface area (Å²) in [5, 5.41) is 4.03. The Hall–Kier alpha value is -1.80. The minimum absolute atomic E-state index is 0.599. The molecule has 0 fully saturated rings. The van der Waals surface area contributed by atoms with Crippen LogP contribution >= 0.6 is 11.8 Å². The van der Waals surface area contributed by atoms with Gasteiger partial charge >= 0.3 is 0 Å². The first-order valence-electron chi connectivity index (χ1n) is 8.95. The number of thioether (sulfide) groups is 1. The number of allylic oxidation sites excluding steroid dienone is 4. The van der Waals surface area contributed by atoms with Gasteiger partial charge in [-0.05, 0) is 52.7 Å². The Balaban J connectivity index is 1.78. The first-order valence-corrected chi connectivity index (χ1v) is 9.93. The number of benzene rings is 2. The smallest absolute Gasteiger partial charge is 0.0984 e. The molecular weight excluding hydrogens is 310 g/mol. The maximum atomic E-state index is 4.71. The monoisotopic (exact) mass is 331 g/mol. The zero-order chi connectivity index (χ0) is 16.1. The third-order valence-corrected chi connectivity index (χ3v) is 6.54. The third kappa shape index (κ3) is 2.12. The van der Waals surface area contributed by atoms with E-state index >= 15 is 0 Å². The van der Waals surface area contributed by atoms with Gasteiger partial charge in [-0.2, -0.15) is 0 Å². The molecule has 1 unspecified atom stereocenters. The van der Waals surface area contributed by atoms with Crippen molar-refractivity contribution in [2.45, 2.75) is 32.1 Å². The van der Waals surface area contributed by atoms with Crippen LogP contribution in [0.4, 0.5) is 0 Å². The summed E-state index contributed by atoms with van der Waals surface area (Å²) in [6.45, 7) is 3.35. The zero-order valence-corrected chi connectivity index (χ0v) is 14.8. The summed E-state index contributed by atoms with van der Waals surface area (Å²) in [7, 11) is 0. The van der Waals surface area contributed by atoms with Gasteiger partial charge in [-0.15, -0.1) is 11.8 Å². The quantitative estimate of drug-likeness (QED) is 0.629. The fourth-order valence-corrected chi connectivity index (χ4v) is 5.40. The van der Waals surface area contributed by atoms with Gasteiger partial charge in [0.2, 0.25) is 0 Å². The third-order valence-electron chi connectivity index (χ3n) is 5.53. The Kier molecular flexibility index (Phi) is 3.41.